The monoisotopic (exact) mass is 276 g/mol. The lowest BCUT2D eigenvalue weighted by atomic mass is 9.99. The molecule has 5 nitrogen and oxygen atoms in total. The lowest BCUT2D eigenvalue weighted by molar-refractivity contribution is -0.142. The van der Waals surface area contributed by atoms with Crippen LogP contribution in [-0.2, 0) is 4.79 Å². The van der Waals surface area contributed by atoms with E-state index in [1.54, 1.807) is 11.0 Å². The van der Waals surface area contributed by atoms with E-state index in [1.807, 2.05) is 44.1 Å². The number of aliphatic carboxylic acids is 1. The average molecular weight is 276 g/mol. The van der Waals surface area contributed by atoms with Gasteiger partial charge in [0.2, 0.25) is 0 Å². The van der Waals surface area contributed by atoms with Crippen molar-refractivity contribution in [1.29, 1.82) is 0 Å². The maximum Gasteiger partial charge on any atom is 0.308 e. The molecule has 0 aliphatic carbocycles. The van der Waals surface area contributed by atoms with Gasteiger partial charge in [-0.2, -0.15) is 0 Å². The van der Waals surface area contributed by atoms with Gasteiger partial charge in [0.15, 0.2) is 0 Å². The van der Waals surface area contributed by atoms with Crippen LogP contribution in [0.2, 0.25) is 0 Å². The highest BCUT2D eigenvalue weighted by Crippen LogP contribution is 2.25. The standard InChI is InChI=1S/C15H20N2O3/c1-10-8-17(9-13(10)15(19)20)14(18)11-5-4-6-12(7-11)16(2)3/h4-7,10,13H,8-9H2,1-3H3,(H,19,20)/t10-,13-/m1/s1. The predicted molar refractivity (Wildman–Crippen MR) is 77.0 cm³/mol. The largest absolute Gasteiger partial charge is 0.481 e. The van der Waals surface area contributed by atoms with Crippen LogP contribution in [0.15, 0.2) is 24.3 Å². The van der Waals surface area contributed by atoms with E-state index in [0.29, 0.717) is 18.7 Å². The van der Waals surface area contributed by atoms with Crippen LogP contribution in [0.3, 0.4) is 0 Å². The first-order chi connectivity index (χ1) is 9.40. The zero-order valence-corrected chi connectivity index (χ0v) is 12.0. The minimum atomic E-state index is -0.824. The predicted octanol–water partition coefficient (Wildman–Crippen LogP) is 1.55. The Labute approximate surface area is 118 Å². The molecule has 108 valence electrons. The zero-order valence-electron chi connectivity index (χ0n) is 12.0. The third-order valence-electron chi connectivity index (χ3n) is 3.83. The smallest absolute Gasteiger partial charge is 0.308 e. The van der Waals surface area contributed by atoms with E-state index in [9.17, 15) is 9.59 Å². The molecule has 1 aromatic carbocycles. The zero-order chi connectivity index (χ0) is 14.9. The average Bonchev–Trinajstić information content (AvgIpc) is 2.80. The lowest BCUT2D eigenvalue weighted by Gasteiger charge is -2.18. The molecule has 0 aromatic heterocycles. The van der Waals surface area contributed by atoms with Crippen molar-refractivity contribution in [3.63, 3.8) is 0 Å². The van der Waals surface area contributed by atoms with Crippen molar-refractivity contribution in [2.24, 2.45) is 11.8 Å². The number of benzene rings is 1. The van der Waals surface area contributed by atoms with Crippen molar-refractivity contribution >= 4 is 17.6 Å². The van der Waals surface area contributed by atoms with Crippen LogP contribution in [0.25, 0.3) is 0 Å². The highest BCUT2D eigenvalue weighted by molar-refractivity contribution is 5.95. The Bertz CT molecular complexity index is 528. The van der Waals surface area contributed by atoms with Gasteiger partial charge in [-0.3, -0.25) is 9.59 Å². The van der Waals surface area contributed by atoms with Crippen molar-refractivity contribution < 1.29 is 14.7 Å². The van der Waals surface area contributed by atoms with E-state index in [4.69, 9.17) is 5.11 Å². The summed E-state index contributed by atoms with van der Waals surface area (Å²) in [7, 11) is 3.84. The number of amides is 1. The molecular formula is C15H20N2O3. The number of carboxylic acid groups (broad SMARTS) is 1. The van der Waals surface area contributed by atoms with Gasteiger partial charge in [-0.05, 0) is 24.1 Å². The molecule has 1 amide bonds. The van der Waals surface area contributed by atoms with Crippen molar-refractivity contribution in [3.8, 4) is 0 Å². The second-order valence-corrected chi connectivity index (χ2v) is 5.58. The Morgan fingerprint density at radius 3 is 2.55 bits per heavy atom. The van der Waals surface area contributed by atoms with Gasteiger partial charge in [0.25, 0.3) is 5.91 Å². The number of likely N-dealkylation sites (tertiary alicyclic amines) is 1. The number of carboxylic acids is 1. The van der Waals surface area contributed by atoms with E-state index in [-0.39, 0.29) is 11.8 Å². The molecule has 0 saturated carbocycles. The molecule has 1 heterocycles. The molecule has 1 aromatic rings. The molecule has 1 fully saturated rings. The van der Waals surface area contributed by atoms with Gasteiger partial charge in [-0.25, -0.2) is 0 Å². The van der Waals surface area contributed by atoms with Crippen LogP contribution in [0.5, 0.6) is 0 Å². The lowest BCUT2D eigenvalue weighted by Crippen LogP contribution is -2.30. The number of hydrogen-bond acceptors (Lipinski definition) is 3. The molecule has 0 spiro atoms. The first kappa shape index (κ1) is 14.4. The highest BCUT2D eigenvalue weighted by Gasteiger charge is 2.37. The molecule has 1 aliphatic heterocycles. The van der Waals surface area contributed by atoms with Crippen LogP contribution in [0, 0.1) is 11.8 Å². The van der Waals surface area contributed by atoms with Crippen LogP contribution in [0.4, 0.5) is 5.69 Å². The summed E-state index contributed by atoms with van der Waals surface area (Å²) < 4.78 is 0. The summed E-state index contributed by atoms with van der Waals surface area (Å²) in [5.41, 5.74) is 1.56. The summed E-state index contributed by atoms with van der Waals surface area (Å²) in [6.45, 7) is 2.67. The quantitative estimate of drug-likeness (QED) is 0.910. The maximum atomic E-state index is 12.4. The topological polar surface area (TPSA) is 60.9 Å². The summed E-state index contributed by atoms with van der Waals surface area (Å²) in [4.78, 5) is 27.1. The normalized spacial score (nSPS) is 21.9. The molecule has 1 N–H and O–H groups in total. The van der Waals surface area contributed by atoms with Gasteiger partial charge in [-0.1, -0.05) is 13.0 Å². The number of nitrogens with zero attached hydrogens (tertiary/aromatic N) is 2. The summed E-state index contributed by atoms with van der Waals surface area (Å²) in [6.07, 6.45) is 0. The Hall–Kier alpha value is -2.04. The van der Waals surface area contributed by atoms with Gasteiger partial charge < -0.3 is 14.9 Å². The van der Waals surface area contributed by atoms with E-state index in [0.717, 1.165) is 5.69 Å². The molecular weight excluding hydrogens is 256 g/mol. The van der Waals surface area contributed by atoms with Crippen LogP contribution >= 0.6 is 0 Å². The maximum absolute atomic E-state index is 12.4. The number of anilines is 1. The molecule has 1 saturated heterocycles. The van der Waals surface area contributed by atoms with Crippen molar-refractivity contribution in [2.45, 2.75) is 6.92 Å². The van der Waals surface area contributed by atoms with Crippen molar-refractivity contribution in [2.75, 3.05) is 32.1 Å². The third-order valence-corrected chi connectivity index (χ3v) is 3.83. The second kappa shape index (κ2) is 5.53. The number of rotatable bonds is 3. The summed E-state index contributed by atoms with van der Waals surface area (Å²) in [5.74, 6) is -1.39. The Balaban J connectivity index is 2.16. The van der Waals surface area contributed by atoms with Crippen LogP contribution < -0.4 is 4.90 Å². The van der Waals surface area contributed by atoms with Crippen molar-refractivity contribution in [3.05, 3.63) is 29.8 Å². The van der Waals surface area contributed by atoms with E-state index in [2.05, 4.69) is 0 Å². The molecule has 20 heavy (non-hydrogen) atoms. The summed E-state index contributed by atoms with van der Waals surface area (Å²) >= 11 is 0. The molecule has 0 bridgehead atoms. The molecule has 0 unspecified atom stereocenters. The number of carbonyl (C=O) groups is 2. The number of hydrogen-bond donors (Lipinski definition) is 1. The van der Waals surface area contributed by atoms with Gasteiger partial charge in [0.05, 0.1) is 5.92 Å². The Kier molecular flexibility index (Phi) is 3.97. The summed E-state index contributed by atoms with van der Waals surface area (Å²) in [5, 5.41) is 9.13. The van der Waals surface area contributed by atoms with Gasteiger partial charge in [0, 0.05) is 38.4 Å². The minimum Gasteiger partial charge on any atom is -0.481 e. The van der Waals surface area contributed by atoms with E-state index >= 15 is 0 Å². The third kappa shape index (κ3) is 2.76. The first-order valence-electron chi connectivity index (χ1n) is 6.69. The Morgan fingerprint density at radius 2 is 2.00 bits per heavy atom. The molecule has 5 heteroatoms. The highest BCUT2D eigenvalue weighted by atomic mass is 16.4. The van der Waals surface area contributed by atoms with E-state index < -0.39 is 11.9 Å². The number of carbonyl (C=O) groups excluding carboxylic acids is 1. The second-order valence-electron chi connectivity index (χ2n) is 5.58. The fourth-order valence-corrected chi connectivity index (χ4v) is 2.55. The SMILES string of the molecule is C[C@@H]1CN(C(=O)c2cccc(N(C)C)c2)C[C@H]1C(=O)O. The van der Waals surface area contributed by atoms with Crippen LogP contribution in [-0.4, -0.2) is 49.1 Å². The minimum absolute atomic E-state index is 0.00604. The van der Waals surface area contributed by atoms with Crippen LogP contribution in [0.1, 0.15) is 17.3 Å². The fourth-order valence-electron chi connectivity index (χ4n) is 2.55. The fraction of sp³-hybridized carbons (Fsp3) is 0.467. The van der Waals surface area contributed by atoms with Gasteiger partial charge in [0.1, 0.15) is 0 Å². The molecule has 0 radical (unpaired) electrons. The van der Waals surface area contributed by atoms with E-state index in [1.165, 1.54) is 0 Å². The van der Waals surface area contributed by atoms with Gasteiger partial charge >= 0.3 is 5.97 Å². The van der Waals surface area contributed by atoms with Gasteiger partial charge in [-0.15, -0.1) is 0 Å². The van der Waals surface area contributed by atoms with Crippen molar-refractivity contribution in [1.82, 2.24) is 4.90 Å². The molecule has 1 aliphatic rings. The first-order valence-corrected chi connectivity index (χ1v) is 6.69. The molecule has 2 atom stereocenters. The molecule has 2 rings (SSSR count). The Morgan fingerprint density at radius 1 is 1.30 bits per heavy atom. The summed E-state index contributed by atoms with van der Waals surface area (Å²) in [6, 6.07) is 7.38.